The molecule has 2 aromatic heterocycles. The van der Waals surface area contributed by atoms with Gasteiger partial charge in [-0.25, -0.2) is 9.97 Å². The second-order valence-electron chi connectivity index (χ2n) is 3.64. The maximum atomic E-state index is 9.75. The lowest BCUT2D eigenvalue weighted by Crippen LogP contribution is -3.00. The predicted octanol–water partition coefficient (Wildman–Crippen LogP) is 1.37. The molecular formula is C10H14B3F12IN2. The van der Waals surface area contributed by atoms with Crippen LogP contribution >= 0.6 is 0 Å². The lowest BCUT2D eigenvalue weighted by atomic mass is 10.3. The number of aromatic amines is 2. The zero-order chi connectivity index (χ0) is 22.0. The molecule has 0 radical (unpaired) electrons. The van der Waals surface area contributed by atoms with E-state index < -0.39 is 21.8 Å². The van der Waals surface area contributed by atoms with Crippen molar-refractivity contribution in [3.63, 3.8) is 0 Å². The fourth-order valence-corrected chi connectivity index (χ4v) is 0.684. The molecule has 0 atom stereocenters. The summed E-state index contributed by atoms with van der Waals surface area (Å²) in [6.07, 6.45) is 7.50. The minimum Gasteiger partial charge on any atom is -0.418 e. The van der Waals surface area contributed by atoms with Gasteiger partial charge in [-0.15, -0.1) is 0 Å². The smallest absolute Gasteiger partial charge is 0.418 e. The lowest BCUT2D eigenvalue weighted by molar-refractivity contribution is -0.378. The first-order chi connectivity index (χ1) is 12.0. The highest BCUT2D eigenvalue weighted by Crippen LogP contribution is 2.07. The van der Waals surface area contributed by atoms with Crippen molar-refractivity contribution in [3.05, 3.63) is 61.2 Å². The van der Waals surface area contributed by atoms with E-state index in [1.54, 1.807) is 0 Å². The van der Waals surface area contributed by atoms with Gasteiger partial charge < -0.3 is 51.8 Å². The molecule has 2 nitrogen and oxygen atoms in total. The molecule has 0 fully saturated rings. The molecular weight excluding hydrogens is 535 g/mol. The van der Waals surface area contributed by atoms with Crippen LogP contribution < -0.4 is 33.9 Å². The van der Waals surface area contributed by atoms with Gasteiger partial charge in [0.15, 0.2) is 24.8 Å². The van der Waals surface area contributed by atoms with Gasteiger partial charge in [0.05, 0.1) is 0 Å². The van der Waals surface area contributed by atoms with Gasteiger partial charge in [0, 0.05) is 24.3 Å². The Balaban J connectivity index is -0.000000128. The number of hydrogen-bond acceptors (Lipinski definition) is 0. The van der Waals surface area contributed by atoms with E-state index in [1.807, 2.05) is 61.2 Å². The summed E-state index contributed by atoms with van der Waals surface area (Å²) in [5.41, 5.74) is 0. The molecule has 0 unspecified atom stereocenters. The summed E-state index contributed by atoms with van der Waals surface area (Å²) >= 11 is 0. The van der Waals surface area contributed by atoms with Gasteiger partial charge in [0.1, 0.15) is 0 Å². The van der Waals surface area contributed by atoms with Crippen molar-refractivity contribution < 1.29 is 85.7 Å². The van der Waals surface area contributed by atoms with E-state index in [0.29, 0.717) is 0 Å². The molecule has 164 valence electrons. The van der Waals surface area contributed by atoms with Gasteiger partial charge >= 0.3 is 21.8 Å². The normalized spacial score (nSPS) is 9.86. The summed E-state index contributed by atoms with van der Waals surface area (Å²) in [6, 6.07) is 11.7. The van der Waals surface area contributed by atoms with Crippen molar-refractivity contribution in [2.45, 2.75) is 0 Å². The van der Waals surface area contributed by atoms with Gasteiger partial charge in [0.25, 0.3) is 0 Å². The first-order valence-electron chi connectivity index (χ1n) is 6.44. The highest BCUT2D eigenvalue weighted by Gasteiger charge is 2.21. The first-order valence-corrected chi connectivity index (χ1v) is 6.44. The second-order valence-corrected chi connectivity index (χ2v) is 3.64. The van der Waals surface area contributed by atoms with E-state index >= 15 is 0 Å². The number of H-pyrrole nitrogens is 2. The maximum absolute atomic E-state index is 9.75. The molecule has 18 heteroatoms. The highest BCUT2D eigenvalue weighted by molar-refractivity contribution is 6.50. The summed E-state index contributed by atoms with van der Waals surface area (Å²) in [5.74, 6) is 0. The average molecular weight is 550 g/mol. The van der Waals surface area contributed by atoms with Crippen molar-refractivity contribution in [3.8, 4) is 0 Å². The van der Waals surface area contributed by atoms with Crippen molar-refractivity contribution in [1.82, 2.24) is 0 Å². The zero-order valence-corrected chi connectivity index (χ0v) is 16.0. The van der Waals surface area contributed by atoms with Crippen molar-refractivity contribution >= 4 is 21.8 Å². The summed E-state index contributed by atoms with van der Waals surface area (Å²) in [7, 11) is -18.0. The van der Waals surface area contributed by atoms with E-state index in [4.69, 9.17) is 0 Å². The molecule has 0 saturated heterocycles. The molecule has 28 heavy (non-hydrogen) atoms. The number of halogens is 13. The maximum Gasteiger partial charge on any atom is 0.673 e. The third kappa shape index (κ3) is 124. The van der Waals surface area contributed by atoms with E-state index in [0.717, 1.165) is 0 Å². The van der Waals surface area contributed by atoms with Crippen molar-refractivity contribution in [1.29, 1.82) is 0 Å². The monoisotopic (exact) mass is 550 g/mol. The molecule has 0 aliphatic rings. The second kappa shape index (κ2) is 18.7. The van der Waals surface area contributed by atoms with Crippen LogP contribution in [-0.4, -0.2) is 21.8 Å². The third-order valence-corrected chi connectivity index (χ3v) is 1.21. The molecule has 0 aliphatic carbocycles. The van der Waals surface area contributed by atoms with Crippen molar-refractivity contribution in [2.75, 3.05) is 0 Å². The fraction of sp³-hybridized carbons (Fsp3) is 0. The molecule has 0 amide bonds. The number of pyridine rings is 2. The van der Waals surface area contributed by atoms with E-state index in [9.17, 15) is 51.8 Å². The first kappa shape index (κ1) is 33.9. The fourth-order valence-electron chi connectivity index (χ4n) is 0.684. The Hall–Kier alpha value is -1.62. The van der Waals surface area contributed by atoms with Crippen molar-refractivity contribution in [2.24, 2.45) is 0 Å². The summed E-state index contributed by atoms with van der Waals surface area (Å²) in [6.45, 7) is 0. The number of rotatable bonds is 0. The minimum atomic E-state index is -6.00. The Morgan fingerprint density at radius 2 is 0.500 bits per heavy atom. The van der Waals surface area contributed by atoms with Gasteiger partial charge in [-0.05, 0) is 0 Å². The van der Waals surface area contributed by atoms with Crippen LogP contribution in [0.15, 0.2) is 61.2 Å². The van der Waals surface area contributed by atoms with Gasteiger partial charge in [-0.2, -0.15) is 0 Å². The van der Waals surface area contributed by atoms with Gasteiger partial charge in [-0.1, -0.05) is 12.1 Å². The Labute approximate surface area is 169 Å². The van der Waals surface area contributed by atoms with Crippen LogP contribution in [0.1, 0.15) is 0 Å². The van der Waals surface area contributed by atoms with Gasteiger partial charge in [-0.3, -0.25) is 0 Å². The van der Waals surface area contributed by atoms with Crippen LogP contribution in [0.2, 0.25) is 0 Å². The van der Waals surface area contributed by atoms with Gasteiger partial charge in [0.2, 0.25) is 24.0 Å². The highest BCUT2D eigenvalue weighted by atomic mass is 127. The van der Waals surface area contributed by atoms with E-state index in [-0.39, 0.29) is 24.0 Å². The molecule has 2 N–H and O–H groups in total. The van der Waals surface area contributed by atoms with Crippen LogP contribution in [0.25, 0.3) is 0 Å². The van der Waals surface area contributed by atoms with E-state index in [1.165, 1.54) is 0 Å². The molecule has 0 bridgehead atoms. The van der Waals surface area contributed by atoms with Crippen LogP contribution in [0.3, 0.4) is 0 Å². The molecule has 0 aromatic carbocycles. The topological polar surface area (TPSA) is 28.3 Å². The molecule has 0 spiro atoms. The standard InChI is InChI=1S/2C5H5N.3BF4.H2I/c2*1-2-4-6-5-3-1;3*2-1(3,4)5;/h2*1-5H;;;;1H2/q;;3*-1;+1/p+2. The molecule has 2 aromatic rings. The largest absolute Gasteiger partial charge is 0.673 e. The van der Waals surface area contributed by atoms with Crippen LogP contribution in [-0.2, 0) is 0 Å². The molecule has 2 heterocycles. The summed E-state index contributed by atoms with van der Waals surface area (Å²) < 4.78 is 117. The molecule has 2 rings (SSSR count). The summed E-state index contributed by atoms with van der Waals surface area (Å²) in [5, 5.41) is 0. The summed E-state index contributed by atoms with van der Waals surface area (Å²) in [4.78, 5) is 5.78. The lowest BCUT2D eigenvalue weighted by Gasteiger charge is -1.94. The Bertz CT molecular complexity index is 396. The van der Waals surface area contributed by atoms with Crippen LogP contribution in [0.5, 0.6) is 0 Å². The quantitative estimate of drug-likeness (QED) is 0.270. The zero-order valence-electron chi connectivity index (χ0n) is 13.5. The minimum absolute atomic E-state index is 0. The predicted molar refractivity (Wildman–Crippen MR) is 79.3 cm³/mol. The Morgan fingerprint density at radius 1 is 0.357 bits per heavy atom. The Kier molecular flexibility index (Phi) is 22.7. The van der Waals surface area contributed by atoms with Crippen LogP contribution in [0, 0.1) is 0 Å². The Morgan fingerprint density at radius 3 is 0.536 bits per heavy atom. The third-order valence-electron chi connectivity index (χ3n) is 1.21. The molecule has 0 saturated carbocycles. The molecule has 0 aliphatic heterocycles. The number of nitrogens with one attached hydrogen (secondary N) is 2. The average Bonchev–Trinajstić information content (AvgIpc) is 2.46. The number of hydrogen-bond donors (Lipinski definition) is 0. The SMILES string of the molecule is F[B-](F)(F)F.F[B-](F)(F)F.F[B-](F)(F)F.[IH2+].c1cc[nH+]cc1.c1cc[nH+]cc1. The van der Waals surface area contributed by atoms with E-state index in [2.05, 4.69) is 9.97 Å². The van der Waals surface area contributed by atoms with Crippen LogP contribution in [0.4, 0.5) is 51.8 Å². The number of aromatic nitrogens is 2.